The highest BCUT2D eigenvalue weighted by Crippen LogP contribution is 2.22. The minimum Gasteiger partial charge on any atom is -0.347 e. The zero-order valence-electron chi connectivity index (χ0n) is 16.1. The number of anilines is 1. The van der Waals surface area contributed by atoms with Crippen molar-refractivity contribution < 1.29 is 9.59 Å². The maximum absolute atomic E-state index is 12.6. The largest absolute Gasteiger partial charge is 0.347 e. The van der Waals surface area contributed by atoms with Crippen molar-refractivity contribution in [3.63, 3.8) is 0 Å². The number of rotatable bonds is 5. The minimum atomic E-state index is -0.212. The van der Waals surface area contributed by atoms with Crippen LogP contribution < -0.4 is 15.5 Å². The Kier molecular flexibility index (Phi) is 5.38. The van der Waals surface area contributed by atoms with E-state index in [9.17, 15) is 9.59 Å². The Morgan fingerprint density at radius 1 is 1.25 bits per heavy atom. The standard InChI is InChI=1S/C20H26N6O2/c1-14-19(23-24-26(14)17-8-10-21-11-9-17)20(28)22-13-15-4-6-16(7-5-15)25-12-2-3-18(25)27/h4-7,17,21H,2-3,8-13H2,1H3,(H,22,28). The molecule has 2 aromatic rings. The molecule has 148 valence electrons. The maximum Gasteiger partial charge on any atom is 0.274 e. The Labute approximate surface area is 164 Å². The molecule has 2 aliphatic heterocycles. The highest BCUT2D eigenvalue weighted by Gasteiger charge is 2.23. The van der Waals surface area contributed by atoms with Crippen molar-refractivity contribution in [1.82, 2.24) is 25.6 Å². The lowest BCUT2D eigenvalue weighted by atomic mass is 10.1. The predicted octanol–water partition coefficient (Wildman–Crippen LogP) is 1.57. The van der Waals surface area contributed by atoms with Crippen molar-refractivity contribution >= 4 is 17.5 Å². The van der Waals surface area contributed by atoms with E-state index in [1.54, 1.807) is 0 Å². The molecule has 3 heterocycles. The van der Waals surface area contributed by atoms with Crippen LogP contribution in [0.5, 0.6) is 0 Å². The summed E-state index contributed by atoms with van der Waals surface area (Å²) in [5.74, 6) is -0.0372. The molecular weight excluding hydrogens is 356 g/mol. The molecule has 8 heteroatoms. The first-order valence-corrected chi connectivity index (χ1v) is 9.93. The molecule has 8 nitrogen and oxygen atoms in total. The molecule has 2 N–H and O–H groups in total. The van der Waals surface area contributed by atoms with Gasteiger partial charge in [-0.1, -0.05) is 17.3 Å². The van der Waals surface area contributed by atoms with Crippen molar-refractivity contribution in [1.29, 1.82) is 0 Å². The first kappa shape index (κ1) is 18.6. The molecule has 2 fully saturated rings. The summed E-state index contributed by atoms with van der Waals surface area (Å²) >= 11 is 0. The fourth-order valence-electron chi connectivity index (χ4n) is 3.93. The average molecular weight is 382 g/mol. The molecule has 0 aliphatic carbocycles. The Bertz CT molecular complexity index is 854. The van der Waals surface area contributed by atoms with Gasteiger partial charge in [0.25, 0.3) is 5.91 Å². The van der Waals surface area contributed by atoms with E-state index in [1.165, 1.54) is 0 Å². The zero-order valence-corrected chi connectivity index (χ0v) is 16.1. The lowest BCUT2D eigenvalue weighted by molar-refractivity contribution is -0.117. The van der Waals surface area contributed by atoms with Crippen LogP contribution in [0.2, 0.25) is 0 Å². The molecule has 1 aromatic heterocycles. The maximum atomic E-state index is 12.6. The molecule has 2 amide bonds. The van der Waals surface area contributed by atoms with Gasteiger partial charge in [0.1, 0.15) is 0 Å². The van der Waals surface area contributed by atoms with E-state index in [1.807, 2.05) is 40.8 Å². The van der Waals surface area contributed by atoms with Gasteiger partial charge in [-0.2, -0.15) is 0 Å². The number of carbonyl (C=O) groups excluding carboxylic acids is 2. The van der Waals surface area contributed by atoms with Crippen LogP contribution in [0.1, 0.15) is 53.5 Å². The van der Waals surface area contributed by atoms with Gasteiger partial charge < -0.3 is 15.5 Å². The summed E-state index contributed by atoms with van der Waals surface area (Å²) in [6.45, 7) is 5.02. The fraction of sp³-hybridized carbons (Fsp3) is 0.500. The molecule has 0 bridgehead atoms. The van der Waals surface area contributed by atoms with Crippen molar-refractivity contribution in [2.75, 3.05) is 24.5 Å². The third kappa shape index (κ3) is 3.77. The van der Waals surface area contributed by atoms with Gasteiger partial charge in [0.2, 0.25) is 5.91 Å². The second kappa shape index (κ2) is 8.10. The van der Waals surface area contributed by atoms with Crippen LogP contribution in [0.3, 0.4) is 0 Å². The number of piperidine rings is 1. The highest BCUT2D eigenvalue weighted by atomic mass is 16.2. The smallest absolute Gasteiger partial charge is 0.274 e. The van der Waals surface area contributed by atoms with Crippen LogP contribution in [-0.2, 0) is 11.3 Å². The third-order valence-electron chi connectivity index (χ3n) is 5.57. The number of benzene rings is 1. The number of hydrogen-bond acceptors (Lipinski definition) is 5. The average Bonchev–Trinajstić information content (AvgIpc) is 3.33. The molecule has 0 unspecified atom stereocenters. The van der Waals surface area contributed by atoms with E-state index < -0.39 is 0 Å². The molecule has 0 radical (unpaired) electrons. The number of hydrogen-bond donors (Lipinski definition) is 2. The predicted molar refractivity (Wildman–Crippen MR) is 105 cm³/mol. The van der Waals surface area contributed by atoms with Crippen LogP contribution in [0, 0.1) is 6.92 Å². The molecular formula is C20H26N6O2. The molecule has 1 aromatic carbocycles. The molecule has 4 rings (SSSR count). The summed E-state index contributed by atoms with van der Waals surface area (Å²) in [5.41, 5.74) is 3.09. The second-order valence-corrected chi connectivity index (χ2v) is 7.45. The minimum absolute atomic E-state index is 0.174. The molecule has 0 spiro atoms. The van der Waals surface area contributed by atoms with Crippen LogP contribution >= 0.6 is 0 Å². The second-order valence-electron chi connectivity index (χ2n) is 7.45. The number of nitrogens with zero attached hydrogens (tertiary/aromatic N) is 4. The van der Waals surface area contributed by atoms with Gasteiger partial charge in [-0.15, -0.1) is 5.10 Å². The summed E-state index contributed by atoms with van der Waals surface area (Å²) in [6, 6.07) is 8.06. The van der Waals surface area contributed by atoms with Crippen molar-refractivity contribution in [3.8, 4) is 0 Å². The van der Waals surface area contributed by atoms with E-state index in [2.05, 4.69) is 20.9 Å². The summed E-state index contributed by atoms with van der Waals surface area (Å²) in [7, 11) is 0. The highest BCUT2D eigenvalue weighted by molar-refractivity contribution is 5.95. The Hall–Kier alpha value is -2.74. The molecule has 28 heavy (non-hydrogen) atoms. The van der Waals surface area contributed by atoms with Gasteiger partial charge in [0, 0.05) is 25.2 Å². The number of aromatic nitrogens is 3. The van der Waals surface area contributed by atoms with E-state index in [-0.39, 0.29) is 11.8 Å². The van der Waals surface area contributed by atoms with Gasteiger partial charge >= 0.3 is 0 Å². The fourth-order valence-corrected chi connectivity index (χ4v) is 3.93. The van der Waals surface area contributed by atoms with Crippen LogP contribution in [0.15, 0.2) is 24.3 Å². The Morgan fingerprint density at radius 3 is 2.68 bits per heavy atom. The molecule has 2 aliphatic rings. The first-order chi connectivity index (χ1) is 13.6. The van der Waals surface area contributed by atoms with E-state index in [0.717, 1.165) is 55.8 Å². The quantitative estimate of drug-likeness (QED) is 0.819. The van der Waals surface area contributed by atoms with Gasteiger partial charge in [0.15, 0.2) is 5.69 Å². The van der Waals surface area contributed by atoms with E-state index in [4.69, 9.17) is 0 Å². The number of nitrogens with one attached hydrogen (secondary N) is 2. The summed E-state index contributed by atoms with van der Waals surface area (Å²) in [6.07, 6.45) is 3.53. The first-order valence-electron chi connectivity index (χ1n) is 9.93. The van der Waals surface area contributed by atoms with Gasteiger partial charge in [-0.05, 0) is 57.0 Å². The summed E-state index contributed by atoms with van der Waals surface area (Å²) < 4.78 is 1.89. The van der Waals surface area contributed by atoms with Crippen molar-refractivity contribution in [2.45, 2.75) is 45.2 Å². The van der Waals surface area contributed by atoms with Crippen LogP contribution in [0.4, 0.5) is 5.69 Å². The topological polar surface area (TPSA) is 92.2 Å². The van der Waals surface area contributed by atoms with Gasteiger partial charge in [-0.3, -0.25) is 9.59 Å². The van der Waals surface area contributed by atoms with E-state index >= 15 is 0 Å². The monoisotopic (exact) mass is 382 g/mol. The Morgan fingerprint density at radius 2 is 2.00 bits per heavy atom. The van der Waals surface area contributed by atoms with Crippen molar-refractivity contribution in [3.05, 3.63) is 41.2 Å². The molecule has 0 saturated carbocycles. The van der Waals surface area contributed by atoms with E-state index in [0.29, 0.717) is 24.7 Å². The molecule has 0 atom stereocenters. The zero-order chi connectivity index (χ0) is 19.5. The SMILES string of the molecule is Cc1c(C(=O)NCc2ccc(N3CCCC3=O)cc2)nnn1C1CCNCC1. The number of amides is 2. The van der Waals surface area contributed by atoms with Crippen molar-refractivity contribution in [2.24, 2.45) is 0 Å². The van der Waals surface area contributed by atoms with Gasteiger partial charge in [0.05, 0.1) is 11.7 Å². The Balaban J connectivity index is 1.36. The third-order valence-corrected chi connectivity index (χ3v) is 5.57. The lowest BCUT2D eigenvalue weighted by Crippen LogP contribution is -2.30. The normalized spacial score (nSPS) is 17.9. The summed E-state index contributed by atoms with van der Waals surface area (Å²) in [5, 5.41) is 14.6. The number of carbonyl (C=O) groups is 2. The summed E-state index contributed by atoms with van der Waals surface area (Å²) in [4.78, 5) is 26.2. The molecule has 2 saturated heterocycles. The van der Waals surface area contributed by atoms with Crippen LogP contribution in [0.25, 0.3) is 0 Å². The lowest BCUT2D eigenvalue weighted by Gasteiger charge is -2.23. The van der Waals surface area contributed by atoms with Gasteiger partial charge in [-0.25, -0.2) is 4.68 Å². The van der Waals surface area contributed by atoms with Crippen LogP contribution in [-0.4, -0.2) is 46.4 Å².